The summed E-state index contributed by atoms with van der Waals surface area (Å²) in [5.41, 5.74) is 7.12. The van der Waals surface area contributed by atoms with Crippen LogP contribution in [-0.2, 0) is 4.79 Å². The van der Waals surface area contributed by atoms with Crippen molar-refractivity contribution in [1.82, 2.24) is 14.5 Å². The zero-order chi connectivity index (χ0) is 20.9. The molecule has 3 heterocycles. The molecule has 1 aromatic carbocycles. The number of rotatable bonds is 3. The number of nitrogens with zero attached hydrogens (tertiary/aromatic N) is 3. The molecule has 1 saturated carbocycles. The van der Waals surface area contributed by atoms with Crippen LogP contribution in [0.25, 0.3) is 11.4 Å². The van der Waals surface area contributed by atoms with Gasteiger partial charge < -0.3 is 20.3 Å². The van der Waals surface area contributed by atoms with E-state index in [4.69, 9.17) is 5.73 Å². The number of hydrogen-bond acceptors (Lipinski definition) is 4. The highest BCUT2D eigenvalue weighted by Crippen LogP contribution is 2.52. The number of imidazole rings is 1. The molecule has 3 aliphatic rings. The number of nitrogens with two attached hydrogens (primary N) is 1. The fourth-order valence-electron chi connectivity index (χ4n) is 3.85. The van der Waals surface area contributed by atoms with Crippen LogP contribution < -0.4 is 5.73 Å². The molecule has 3 N–H and O–H groups in total. The van der Waals surface area contributed by atoms with E-state index in [1.54, 1.807) is 26.2 Å². The van der Waals surface area contributed by atoms with Gasteiger partial charge in [0, 0.05) is 31.4 Å². The summed E-state index contributed by atoms with van der Waals surface area (Å²) in [6.45, 7) is 2.20. The third-order valence-electron chi connectivity index (χ3n) is 5.74. The van der Waals surface area contributed by atoms with E-state index in [1.165, 1.54) is 11.0 Å². The Hall–Kier alpha value is -3.18. The summed E-state index contributed by atoms with van der Waals surface area (Å²) in [4.78, 5) is 29.2. The maximum Gasteiger partial charge on any atom is 0.268 e. The fraction of sp³-hybridized carbons (Fsp3) is 0.381. The zero-order valence-corrected chi connectivity index (χ0v) is 16.1. The van der Waals surface area contributed by atoms with Crippen molar-refractivity contribution in [2.45, 2.75) is 37.8 Å². The van der Waals surface area contributed by atoms with Crippen LogP contribution in [0.1, 0.15) is 53.3 Å². The quantitative estimate of drug-likeness (QED) is 0.766. The third kappa shape index (κ3) is 3.17. The van der Waals surface area contributed by atoms with E-state index in [-0.39, 0.29) is 23.2 Å². The number of benzene rings is 1. The van der Waals surface area contributed by atoms with Gasteiger partial charge in [0.15, 0.2) is 6.10 Å². The van der Waals surface area contributed by atoms with E-state index < -0.39 is 23.7 Å². The normalized spacial score (nSPS) is 19.6. The fourth-order valence-corrected chi connectivity index (χ4v) is 3.85. The van der Waals surface area contributed by atoms with Gasteiger partial charge in [-0.3, -0.25) is 9.59 Å². The lowest BCUT2D eigenvalue weighted by Crippen LogP contribution is -2.35. The molecule has 8 heteroatoms. The average Bonchev–Trinajstić information content (AvgIpc) is 3.01. The predicted octanol–water partition coefficient (Wildman–Crippen LogP) is 1.41. The van der Waals surface area contributed by atoms with Crippen molar-refractivity contribution >= 4 is 11.8 Å². The number of hydrogen-bond donors (Lipinski definition) is 2. The minimum Gasteiger partial charge on any atom is -0.372 e. The van der Waals surface area contributed by atoms with Gasteiger partial charge in [-0.15, -0.1) is 0 Å². The molecule has 0 radical (unpaired) electrons. The number of amides is 2. The SMILES string of the molecule is CCN(C)C(=O)C(O)C#Cc1cc2c(cc1F)C1CC(C1)n1cc(C(N)=O)nc1-2. The summed E-state index contributed by atoms with van der Waals surface area (Å²) in [6, 6.07) is 3.22. The van der Waals surface area contributed by atoms with E-state index in [0.29, 0.717) is 17.9 Å². The zero-order valence-electron chi connectivity index (χ0n) is 16.1. The highest BCUT2D eigenvalue weighted by Gasteiger charge is 2.39. The molecule has 7 nitrogen and oxygen atoms in total. The van der Waals surface area contributed by atoms with Crippen molar-refractivity contribution in [1.29, 1.82) is 0 Å². The standard InChI is InChI=1S/C21H21FN4O3/c1-3-25(2)21(29)18(27)5-4-11-8-15-14(9-16(11)22)12-6-13(7-12)26-10-17(19(23)28)24-20(15)26/h8-10,12-13,18,27H,3,6-7H2,1-2H3,(H2,23,28). The molecule has 5 rings (SSSR count). The molecule has 2 aromatic rings. The molecule has 1 aliphatic carbocycles. The molecular weight excluding hydrogens is 375 g/mol. The van der Waals surface area contributed by atoms with Gasteiger partial charge in [0.25, 0.3) is 11.8 Å². The number of carbonyl (C=O) groups is 2. The first-order chi connectivity index (χ1) is 13.8. The molecule has 29 heavy (non-hydrogen) atoms. The van der Waals surface area contributed by atoms with Gasteiger partial charge in [0.2, 0.25) is 0 Å². The number of aliphatic hydroxyl groups excluding tert-OH is 1. The van der Waals surface area contributed by atoms with Crippen molar-refractivity contribution < 1.29 is 19.1 Å². The highest BCUT2D eigenvalue weighted by molar-refractivity contribution is 5.91. The molecule has 1 atom stereocenters. The average molecular weight is 396 g/mol. The first kappa shape index (κ1) is 19.2. The summed E-state index contributed by atoms with van der Waals surface area (Å²) in [5, 5.41) is 9.97. The van der Waals surface area contributed by atoms with Crippen LogP contribution in [-0.4, -0.2) is 51.1 Å². The second kappa shape index (κ2) is 7.01. The minimum absolute atomic E-state index is 0.0593. The van der Waals surface area contributed by atoms with Gasteiger partial charge in [-0.05, 0) is 43.4 Å². The Morgan fingerprint density at radius 1 is 1.45 bits per heavy atom. The lowest BCUT2D eigenvalue weighted by Gasteiger charge is -2.34. The first-order valence-electron chi connectivity index (χ1n) is 9.47. The Labute approximate surface area is 167 Å². The number of halogens is 1. The molecule has 2 amide bonds. The number of aliphatic hydroxyl groups is 1. The van der Waals surface area contributed by atoms with Crippen LogP contribution in [0.2, 0.25) is 0 Å². The summed E-state index contributed by atoms with van der Waals surface area (Å²) >= 11 is 0. The van der Waals surface area contributed by atoms with Crippen LogP contribution in [0.5, 0.6) is 0 Å². The van der Waals surface area contributed by atoms with Crippen LogP contribution in [0.15, 0.2) is 18.3 Å². The molecule has 1 aromatic heterocycles. The smallest absolute Gasteiger partial charge is 0.268 e. The van der Waals surface area contributed by atoms with Crippen molar-refractivity contribution in [2.24, 2.45) is 5.73 Å². The molecule has 150 valence electrons. The van der Waals surface area contributed by atoms with Crippen LogP contribution in [0, 0.1) is 17.7 Å². The Bertz CT molecular complexity index is 1080. The van der Waals surface area contributed by atoms with Crippen LogP contribution >= 0.6 is 0 Å². The molecule has 0 saturated heterocycles. The van der Waals surface area contributed by atoms with Gasteiger partial charge in [-0.1, -0.05) is 11.8 Å². The Kier molecular flexibility index (Phi) is 4.63. The van der Waals surface area contributed by atoms with E-state index >= 15 is 0 Å². The Morgan fingerprint density at radius 2 is 2.17 bits per heavy atom. The number of primary amides is 1. The minimum atomic E-state index is -1.53. The number of carbonyl (C=O) groups excluding carboxylic acids is 2. The summed E-state index contributed by atoms with van der Waals surface area (Å²) in [5.74, 6) is 4.10. The lowest BCUT2D eigenvalue weighted by molar-refractivity contribution is -0.135. The molecule has 0 spiro atoms. The third-order valence-corrected chi connectivity index (χ3v) is 5.74. The Morgan fingerprint density at radius 3 is 2.83 bits per heavy atom. The molecule has 2 aliphatic heterocycles. The number of aromatic nitrogens is 2. The van der Waals surface area contributed by atoms with E-state index in [9.17, 15) is 19.1 Å². The van der Waals surface area contributed by atoms with Gasteiger partial charge in [-0.25, -0.2) is 9.37 Å². The van der Waals surface area contributed by atoms with E-state index in [1.807, 2.05) is 4.57 Å². The monoisotopic (exact) mass is 396 g/mol. The van der Waals surface area contributed by atoms with Gasteiger partial charge >= 0.3 is 0 Å². The van der Waals surface area contributed by atoms with E-state index in [2.05, 4.69) is 16.8 Å². The largest absolute Gasteiger partial charge is 0.372 e. The van der Waals surface area contributed by atoms with E-state index in [0.717, 1.165) is 18.4 Å². The second-order valence-electron chi connectivity index (χ2n) is 7.49. The molecular formula is C21H21FN4O3. The van der Waals surface area contributed by atoms with Crippen LogP contribution in [0.3, 0.4) is 0 Å². The van der Waals surface area contributed by atoms with Gasteiger partial charge in [-0.2, -0.15) is 0 Å². The lowest BCUT2D eigenvalue weighted by atomic mass is 9.75. The van der Waals surface area contributed by atoms with Crippen molar-refractivity contribution in [3.63, 3.8) is 0 Å². The molecule has 1 fully saturated rings. The van der Waals surface area contributed by atoms with Gasteiger partial charge in [0.05, 0.1) is 5.56 Å². The molecule has 1 unspecified atom stereocenters. The number of likely N-dealkylation sites (N-methyl/N-ethyl adjacent to an activating group) is 1. The topological polar surface area (TPSA) is 101 Å². The Balaban J connectivity index is 1.76. The summed E-state index contributed by atoms with van der Waals surface area (Å²) < 4.78 is 16.6. The van der Waals surface area contributed by atoms with Crippen molar-refractivity contribution in [3.8, 4) is 23.2 Å². The summed E-state index contributed by atoms with van der Waals surface area (Å²) in [7, 11) is 1.55. The highest BCUT2D eigenvalue weighted by atomic mass is 19.1. The first-order valence-corrected chi connectivity index (χ1v) is 9.47. The maximum absolute atomic E-state index is 14.7. The molecule has 2 bridgehead atoms. The van der Waals surface area contributed by atoms with Crippen molar-refractivity contribution in [2.75, 3.05) is 13.6 Å². The van der Waals surface area contributed by atoms with Gasteiger partial charge in [0.1, 0.15) is 17.3 Å². The summed E-state index contributed by atoms with van der Waals surface area (Å²) in [6.07, 6.45) is 1.80. The van der Waals surface area contributed by atoms with Crippen molar-refractivity contribution in [3.05, 3.63) is 41.0 Å². The van der Waals surface area contributed by atoms with Crippen LogP contribution in [0.4, 0.5) is 4.39 Å². The maximum atomic E-state index is 14.7. The predicted molar refractivity (Wildman–Crippen MR) is 103 cm³/mol. The second-order valence-corrected chi connectivity index (χ2v) is 7.49.